The average molecular weight is 872 g/mol. The van der Waals surface area contributed by atoms with Gasteiger partial charge in [0.2, 0.25) is 23.6 Å². The topological polar surface area (TPSA) is 298 Å². The van der Waals surface area contributed by atoms with Crippen molar-refractivity contribution in [3.05, 3.63) is 0 Å². The molecule has 61 heavy (non-hydrogen) atoms. The van der Waals surface area contributed by atoms with E-state index in [1.165, 1.54) is 6.92 Å². The summed E-state index contributed by atoms with van der Waals surface area (Å²) in [6.45, 7) is 4.02. The highest BCUT2D eigenvalue weighted by Crippen LogP contribution is 2.34. The van der Waals surface area contributed by atoms with E-state index in [0.29, 0.717) is 103 Å². The third kappa shape index (κ3) is 20.5. The van der Waals surface area contributed by atoms with E-state index in [2.05, 4.69) is 27.2 Å². The first-order chi connectivity index (χ1) is 29.2. The highest BCUT2D eigenvalue weighted by atomic mass is 16.7. The summed E-state index contributed by atoms with van der Waals surface area (Å²) < 4.78 is 22.3. The first-order valence-corrected chi connectivity index (χ1v) is 21.8. The fraction of sp³-hybridized carbons (Fsp3) is 0.833. The Morgan fingerprint density at radius 3 is 2.02 bits per heavy atom. The number of carbonyl (C=O) groups is 5. The Kier molecular flexibility index (Phi) is 26.9. The summed E-state index contributed by atoms with van der Waals surface area (Å²) in [4.78, 5) is 61.9. The van der Waals surface area contributed by atoms with Gasteiger partial charge < -0.3 is 71.5 Å². The second-order valence-electron chi connectivity index (χ2n) is 16.0. The van der Waals surface area contributed by atoms with E-state index >= 15 is 0 Å². The lowest BCUT2D eigenvalue weighted by Gasteiger charge is -2.42. The van der Waals surface area contributed by atoms with Crippen molar-refractivity contribution in [3.63, 3.8) is 0 Å². The van der Waals surface area contributed by atoms with Crippen LogP contribution in [0.1, 0.15) is 110 Å². The second kappa shape index (κ2) is 30.6. The van der Waals surface area contributed by atoms with Crippen LogP contribution in [-0.2, 0) is 42.9 Å². The molecule has 0 aromatic heterocycles. The Labute approximate surface area is 359 Å². The van der Waals surface area contributed by atoms with Crippen molar-refractivity contribution in [1.29, 1.82) is 0 Å². The van der Waals surface area contributed by atoms with Gasteiger partial charge in [-0.2, -0.15) is 0 Å². The third-order valence-electron chi connectivity index (χ3n) is 11.0. The summed E-state index contributed by atoms with van der Waals surface area (Å²) in [5.74, 6) is 0.361. The number of terminal acetylenes is 1. The summed E-state index contributed by atoms with van der Waals surface area (Å²) in [6, 6.07) is -1.82. The predicted octanol–water partition coefficient (Wildman–Crippen LogP) is -0.977. The van der Waals surface area contributed by atoms with Crippen LogP contribution in [0.15, 0.2) is 0 Å². The highest BCUT2D eigenvalue weighted by molar-refractivity contribution is 5.87. The lowest BCUT2D eigenvalue weighted by atomic mass is 9.76. The Balaban J connectivity index is 1.73. The fourth-order valence-corrected chi connectivity index (χ4v) is 7.27. The van der Waals surface area contributed by atoms with Crippen LogP contribution in [0.3, 0.4) is 0 Å². The largest absolute Gasteiger partial charge is 0.459 e. The lowest BCUT2D eigenvalue weighted by Crippen LogP contribution is -2.62. The van der Waals surface area contributed by atoms with Gasteiger partial charge in [-0.3, -0.25) is 24.0 Å². The van der Waals surface area contributed by atoms with E-state index in [-0.39, 0.29) is 61.7 Å². The molecule has 0 bridgehead atoms. The van der Waals surface area contributed by atoms with Crippen molar-refractivity contribution in [2.45, 2.75) is 165 Å². The molecule has 1 saturated carbocycles. The molecular formula is C42H73N5O14. The van der Waals surface area contributed by atoms with E-state index in [1.807, 2.05) is 6.92 Å². The number of aliphatic hydroxyl groups is 5. The molecule has 19 heteroatoms. The first-order valence-electron chi connectivity index (χ1n) is 21.8. The van der Waals surface area contributed by atoms with E-state index in [0.717, 1.165) is 6.42 Å². The van der Waals surface area contributed by atoms with Crippen LogP contribution < -0.4 is 27.0 Å². The van der Waals surface area contributed by atoms with Crippen LogP contribution in [0.25, 0.3) is 0 Å². The number of aliphatic hydroxyl groups excluding tert-OH is 5. The summed E-state index contributed by atoms with van der Waals surface area (Å²) >= 11 is 0. The molecule has 1 aliphatic heterocycles. The van der Waals surface area contributed by atoms with E-state index in [1.54, 1.807) is 0 Å². The van der Waals surface area contributed by atoms with E-state index in [4.69, 9.17) is 31.1 Å². The molecule has 0 aromatic rings. The second-order valence-corrected chi connectivity index (χ2v) is 16.0. The Hall–Kier alpha value is -3.45. The summed E-state index contributed by atoms with van der Waals surface area (Å²) in [6.07, 6.45) is 5.55. The molecule has 1 saturated heterocycles. The summed E-state index contributed by atoms with van der Waals surface area (Å²) in [5, 5.41) is 61.3. The number of hydrogen-bond acceptors (Lipinski definition) is 15. The zero-order valence-corrected chi connectivity index (χ0v) is 36.0. The van der Waals surface area contributed by atoms with Crippen LogP contribution in [0.4, 0.5) is 0 Å². The van der Waals surface area contributed by atoms with Crippen LogP contribution in [0, 0.1) is 24.2 Å². The average Bonchev–Trinajstić information content (AvgIpc) is 3.23. The normalized spacial score (nSPS) is 26.7. The minimum absolute atomic E-state index is 0.0713. The zero-order chi connectivity index (χ0) is 45.2. The van der Waals surface area contributed by atoms with Gasteiger partial charge >= 0.3 is 5.97 Å². The van der Waals surface area contributed by atoms with Gasteiger partial charge in [-0.1, -0.05) is 13.3 Å². The molecule has 350 valence electrons. The van der Waals surface area contributed by atoms with Gasteiger partial charge in [-0.25, -0.2) is 0 Å². The number of nitrogens with two attached hydrogens (primary N) is 1. The SMILES string of the molecule is C#CCCNC(=O)CCCCCNC(=O)[C@@H](CCCCNC(=O)CCCCOC1CC(CO)C(OC(C)=O)C(O)C1C)NC(=O)CCCCOC1OC(CO)C(O)C(O)C1N. The van der Waals surface area contributed by atoms with Crippen LogP contribution in [0.5, 0.6) is 0 Å². The molecule has 2 aliphatic rings. The molecule has 11 N–H and O–H groups in total. The fourth-order valence-electron chi connectivity index (χ4n) is 7.27. The molecular weight excluding hydrogens is 798 g/mol. The standard InChI is InChI=1S/C42H73N5O14/c1-4-5-19-44-33(51)16-7-6-11-21-46-41(57)30(47-35(53)18-10-14-23-59-42-36(43)39(56)38(55)32(26-49)61-42)15-8-12-20-45-34(52)17-9-13-22-58-31-24-29(25-48)40(60-28(3)50)37(54)27(31)2/h1,27,29-32,36-40,42,48-49,54-56H,5-26,43H2,2-3H3,(H,44,51)(H,45,52)(H,46,57)(H,47,53)/t27?,29?,30-,31?,32?,36?,37?,38?,39?,40?,42?/m1/s1. The maximum atomic E-state index is 13.2. The number of carbonyl (C=O) groups excluding carboxylic acids is 5. The summed E-state index contributed by atoms with van der Waals surface area (Å²) in [5.41, 5.74) is 5.91. The van der Waals surface area contributed by atoms with Crippen LogP contribution in [0.2, 0.25) is 0 Å². The number of rotatable bonds is 30. The van der Waals surface area contributed by atoms with Gasteiger partial charge in [0, 0.05) is 83.9 Å². The Bertz CT molecular complexity index is 1350. The molecule has 0 spiro atoms. The van der Waals surface area contributed by atoms with Crippen molar-refractivity contribution in [3.8, 4) is 12.3 Å². The van der Waals surface area contributed by atoms with Gasteiger partial charge in [0.15, 0.2) is 6.29 Å². The Morgan fingerprint density at radius 2 is 1.38 bits per heavy atom. The molecule has 2 fully saturated rings. The molecule has 4 amide bonds. The molecule has 0 aromatic carbocycles. The van der Waals surface area contributed by atoms with Crippen molar-refractivity contribution >= 4 is 29.6 Å². The van der Waals surface area contributed by atoms with Gasteiger partial charge in [-0.15, -0.1) is 12.3 Å². The van der Waals surface area contributed by atoms with Gasteiger partial charge in [0.1, 0.15) is 30.5 Å². The number of amides is 4. The predicted molar refractivity (Wildman–Crippen MR) is 222 cm³/mol. The van der Waals surface area contributed by atoms with E-state index < -0.39 is 67.4 Å². The zero-order valence-electron chi connectivity index (χ0n) is 36.0. The summed E-state index contributed by atoms with van der Waals surface area (Å²) in [7, 11) is 0. The molecule has 10 unspecified atom stereocenters. The minimum Gasteiger partial charge on any atom is -0.459 e. The number of hydrogen-bond donors (Lipinski definition) is 10. The molecule has 1 aliphatic carbocycles. The quantitative estimate of drug-likeness (QED) is 0.0236. The monoisotopic (exact) mass is 872 g/mol. The first kappa shape index (κ1) is 53.7. The third-order valence-corrected chi connectivity index (χ3v) is 11.0. The highest BCUT2D eigenvalue weighted by Gasteiger charge is 2.44. The maximum Gasteiger partial charge on any atom is 0.303 e. The molecule has 11 atom stereocenters. The van der Waals surface area contributed by atoms with Crippen LogP contribution >= 0.6 is 0 Å². The number of esters is 1. The number of unbranched alkanes of at least 4 members (excludes halogenated alkanes) is 5. The van der Waals surface area contributed by atoms with Gasteiger partial charge in [0.25, 0.3) is 0 Å². The van der Waals surface area contributed by atoms with Gasteiger partial charge in [-0.05, 0) is 64.2 Å². The van der Waals surface area contributed by atoms with Crippen LogP contribution in [-0.4, -0.2) is 156 Å². The molecule has 2 rings (SSSR count). The van der Waals surface area contributed by atoms with Crippen molar-refractivity contribution in [2.24, 2.45) is 17.6 Å². The Morgan fingerprint density at radius 1 is 0.770 bits per heavy atom. The number of nitrogens with one attached hydrogen (secondary N) is 4. The minimum atomic E-state index is -1.35. The van der Waals surface area contributed by atoms with E-state index in [9.17, 15) is 49.5 Å². The van der Waals surface area contributed by atoms with Crippen molar-refractivity contribution in [2.75, 3.05) is 46.1 Å². The molecule has 19 nitrogen and oxygen atoms in total. The maximum absolute atomic E-state index is 13.2. The smallest absolute Gasteiger partial charge is 0.303 e. The van der Waals surface area contributed by atoms with Gasteiger partial charge in [0.05, 0.1) is 24.9 Å². The van der Waals surface area contributed by atoms with Crippen molar-refractivity contribution in [1.82, 2.24) is 21.3 Å². The molecule has 0 radical (unpaired) electrons. The number of ether oxygens (including phenoxy) is 4. The molecule has 1 heterocycles. The lowest BCUT2D eigenvalue weighted by molar-refractivity contribution is -0.265. The van der Waals surface area contributed by atoms with Crippen molar-refractivity contribution < 1.29 is 68.5 Å².